The van der Waals surface area contributed by atoms with Gasteiger partial charge in [0.25, 0.3) is 0 Å². The van der Waals surface area contributed by atoms with Gasteiger partial charge in [-0.15, -0.1) is 0 Å². The average molecular weight is 252 g/mol. The van der Waals surface area contributed by atoms with Gasteiger partial charge in [0.15, 0.2) is 0 Å². The van der Waals surface area contributed by atoms with Gasteiger partial charge in [0, 0.05) is 12.6 Å². The lowest BCUT2D eigenvalue weighted by molar-refractivity contribution is -0.153. The highest BCUT2D eigenvalue weighted by Gasteiger charge is 2.38. The van der Waals surface area contributed by atoms with Crippen molar-refractivity contribution in [3.05, 3.63) is 0 Å². The van der Waals surface area contributed by atoms with Crippen LogP contribution in [0.2, 0.25) is 0 Å². The second-order valence-electron chi connectivity index (χ2n) is 5.53. The van der Waals surface area contributed by atoms with Crippen LogP contribution in [0.3, 0.4) is 0 Å². The van der Waals surface area contributed by atoms with Gasteiger partial charge in [-0.25, -0.2) is 0 Å². The van der Waals surface area contributed by atoms with Gasteiger partial charge >= 0.3 is 6.18 Å². The van der Waals surface area contributed by atoms with E-state index in [0.717, 1.165) is 25.7 Å². The smallest absolute Gasteiger partial charge is 0.330 e. The highest BCUT2D eigenvalue weighted by atomic mass is 19.4. The van der Waals surface area contributed by atoms with Crippen LogP contribution in [0.5, 0.6) is 0 Å². The van der Waals surface area contributed by atoms with Gasteiger partial charge in [-0.1, -0.05) is 12.8 Å². The fourth-order valence-electron chi connectivity index (χ4n) is 2.63. The fourth-order valence-corrected chi connectivity index (χ4v) is 2.63. The Labute approximate surface area is 101 Å². The average Bonchev–Trinajstić information content (AvgIpc) is 2.64. The zero-order valence-electron chi connectivity index (χ0n) is 10.7. The minimum atomic E-state index is -4.13. The molecule has 1 fully saturated rings. The molecular formula is C12H23F3N2. The number of rotatable bonds is 5. The number of nitrogens with zero attached hydrogens (tertiary/aromatic N) is 1. The lowest BCUT2D eigenvalue weighted by Crippen LogP contribution is -2.47. The fraction of sp³-hybridized carbons (Fsp3) is 1.00. The molecule has 0 bridgehead atoms. The van der Waals surface area contributed by atoms with E-state index in [0.29, 0.717) is 13.1 Å². The molecule has 0 aliphatic heterocycles. The van der Waals surface area contributed by atoms with E-state index < -0.39 is 12.7 Å². The summed E-state index contributed by atoms with van der Waals surface area (Å²) in [5, 5.41) is 0. The largest absolute Gasteiger partial charge is 0.401 e. The van der Waals surface area contributed by atoms with Crippen molar-refractivity contribution in [2.45, 2.75) is 51.7 Å². The van der Waals surface area contributed by atoms with Crippen LogP contribution in [0.1, 0.15) is 39.5 Å². The molecule has 17 heavy (non-hydrogen) atoms. The Balaban J connectivity index is 2.65. The zero-order chi connectivity index (χ0) is 13.1. The molecule has 1 saturated carbocycles. The monoisotopic (exact) mass is 252 g/mol. The van der Waals surface area contributed by atoms with Crippen LogP contribution in [0.4, 0.5) is 13.2 Å². The van der Waals surface area contributed by atoms with Crippen molar-refractivity contribution in [2.75, 3.05) is 19.6 Å². The Bertz CT molecular complexity index is 232. The first kappa shape index (κ1) is 14.8. The van der Waals surface area contributed by atoms with Crippen LogP contribution in [0, 0.1) is 5.41 Å². The molecule has 2 N–H and O–H groups in total. The van der Waals surface area contributed by atoms with Gasteiger partial charge in [0.2, 0.25) is 0 Å². The van der Waals surface area contributed by atoms with Gasteiger partial charge in [-0.2, -0.15) is 13.2 Å². The normalized spacial score (nSPS) is 20.5. The van der Waals surface area contributed by atoms with Crippen LogP contribution in [-0.2, 0) is 0 Å². The van der Waals surface area contributed by atoms with Crippen molar-refractivity contribution in [1.29, 1.82) is 0 Å². The van der Waals surface area contributed by atoms with Gasteiger partial charge in [-0.05, 0) is 38.6 Å². The van der Waals surface area contributed by atoms with Crippen molar-refractivity contribution in [1.82, 2.24) is 4.90 Å². The molecule has 1 rings (SSSR count). The zero-order valence-corrected chi connectivity index (χ0v) is 10.7. The molecule has 0 saturated heterocycles. The topological polar surface area (TPSA) is 29.3 Å². The second kappa shape index (κ2) is 5.57. The lowest BCUT2D eigenvalue weighted by Gasteiger charge is -2.37. The third-order valence-corrected chi connectivity index (χ3v) is 3.75. The summed E-state index contributed by atoms with van der Waals surface area (Å²) in [6, 6.07) is -0.0966. The molecule has 1 aliphatic carbocycles. The van der Waals surface area contributed by atoms with Crippen molar-refractivity contribution < 1.29 is 13.2 Å². The maximum atomic E-state index is 12.5. The van der Waals surface area contributed by atoms with Crippen LogP contribution in [0.15, 0.2) is 0 Å². The molecule has 0 aromatic heterocycles. The first-order chi connectivity index (χ1) is 7.78. The van der Waals surface area contributed by atoms with Crippen molar-refractivity contribution in [3.8, 4) is 0 Å². The number of halogens is 3. The third-order valence-electron chi connectivity index (χ3n) is 3.75. The standard InChI is InChI=1S/C12H23F3N2/c1-10(2)17(9-12(13,14)15)8-11(7-16)5-3-4-6-11/h10H,3-9,16H2,1-2H3. The van der Waals surface area contributed by atoms with E-state index >= 15 is 0 Å². The maximum absolute atomic E-state index is 12.5. The Morgan fingerprint density at radius 1 is 1.24 bits per heavy atom. The predicted octanol–water partition coefficient (Wildman–Crippen LogP) is 2.78. The van der Waals surface area contributed by atoms with Crippen molar-refractivity contribution in [2.24, 2.45) is 11.1 Å². The van der Waals surface area contributed by atoms with Crippen molar-refractivity contribution >= 4 is 0 Å². The molecule has 0 unspecified atom stereocenters. The number of hydrogen-bond donors (Lipinski definition) is 1. The molecule has 0 spiro atoms. The van der Waals surface area contributed by atoms with Crippen LogP contribution in [-0.4, -0.2) is 36.8 Å². The summed E-state index contributed by atoms with van der Waals surface area (Å²) in [6.45, 7) is 3.76. The molecular weight excluding hydrogens is 229 g/mol. The third kappa shape index (κ3) is 4.47. The molecule has 0 atom stereocenters. The Morgan fingerprint density at radius 3 is 2.12 bits per heavy atom. The summed E-state index contributed by atoms with van der Waals surface area (Å²) in [5.41, 5.74) is 5.69. The highest BCUT2D eigenvalue weighted by molar-refractivity contribution is 4.89. The number of nitrogens with two attached hydrogens (primary N) is 1. The summed E-state index contributed by atoms with van der Waals surface area (Å²) in [4.78, 5) is 1.51. The van der Waals surface area contributed by atoms with Crippen molar-refractivity contribution in [3.63, 3.8) is 0 Å². The molecule has 0 aromatic carbocycles. The van der Waals surface area contributed by atoms with Crippen LogP contribution in [0.25, 0.3) is 0 Å². The van der Waals surface area contributed by atoms with Crippen LogP contribution < -0.4 is 5.73 Å². The summed E-state index contributed by atoms with van der Waals surface area (Å²) in [6.07, 6.45) is -0.0158. The minimum Gasteiger partial charge on any atom is -0.330 e. The second-order valence-corrected chi connectivity index (χ2v) is 5.53. The minimum absolute atomic E-state index is 0.0878. The van der Waals surface area contributed by atoms with E-state index in [-0.39, 0.29) is 11.5 Å². The van der Waals surface area contributed by atoms with E-state index in [1.807, 2.05) is 13.8 Å². The van der Waals surface area contributed by atoms with Crippen LogP contribution >= 0.6 is 0 Å². The first-order valence-electron chi connectivity index (χ1n) is 6.29. The molecule has 0 radical (unpaired) electrons. The first-order valence-corrected chi connectivity index (χ1v) is 6.29. The molecule has 0 heterocycles. The molecule has 0 aromatic rings. The lowest BCUT2D eigenvalue weighted by atomic mass is 9.85. The van der Waals surface area contributed by atoms with Gasteiger partial charge in [0.1, 0.15) is 0 Å². The summed E-state index contributed by atoms with van der Waals surface area (Å²) in [5.74, 6) is 0. The molecule has 5 heteroatoms. The number of alkyl halides is 3. The molecule has 1 aliphatic rings. The Kier molecular flexibility index (Phi) is 4.84. The van der Waals surface area contributed by atoms with E-state index in [1.165, 1.54) is 4.90 Å². The number of hydrogen-bond acceptors (Lipinski definition) is 2. The van der Waals surface area contributed by atoms with Gasteiger partial charge in [0.05, 0.1) is 6.54 Å². The van der Waals surface area contributed by atoms with E-state index in [4.69, 9.17) is 5.73 Å². The van der Waals surface area contributed by atoms with Gasteiger partial charge in [-0.3, -0.25) is 4.90 Å². The summed E-state index contributed by atoms with van der Waals surface area (Å²) < 4.78 is 37.5. The van der Waals surface area contributed by atoms with E-state index in [1.54, 1.807) is 0 Å². The molecule has 2 nitrogen and oxygen atoms in total. The van der Waals surface area contributed by atoms with E-state index in [2.05, 4.69) is 0 Å². The predicted molar refractivity (Wildman–Crippen MR) is 62.7 cm³/mol. The summed E-state index contributed by atoms with van der Waals surface area (Å²) >= 11 is 0. The van der Waals surface area contributed by atoms with E-state index in [9.17, 15) is 13.2 Å². The Morgan fingerprint density at radius 2 is 1.76 bits per heavy atom. The summed E-state index contributed by atoms with van der Waals surface area (Å²) in [7, 11) is 0. The quantitative estimate of drug-likeness (QED) is 0.815. The SMILES string of the molecule is CC(C)N(CC(F)(F)F)CC1(CN)CCCC1. The maximum Gasteiger partial charge on any atom is 0.401 e. The highest BCUT2D eigenvalue weighted by Crippen LogP contribution is 2.38. The molecule has 102 valence electrons. The Hall–Kier alpha value is -0.290. The van der Waals surface area contributed by atoms with Gasteiger partial charge < -0.3 is 5.73 Å². The molecule has 0 amide bonds.